The van der Waals surface area contributed by atoms with E-state index < -0.39 is 5.97 Å². The average molecular weight is 347 g/mol. The van der Waals surface area contributed by atoms with Crippen molar-refractivity contribution in [3.63, 3.8) is 0 Å². The first-order chi connectivity index (χ1) is 12.6. The van der Waals surface area contributed by atoms with Gasteiger partial charge in [-0.1, -0.05) is 0 Å². The van der Waals surface area contributed by atoms with E-state index in [0.29, 0.717) is 22.6 Å². The Kier molecular flexibility index (Phi) is 3.85. The number of pyridine rings is 1. The third kappa shape index (κ3) is 3.00. The Morgan fingerprint density at radius 1 is 1.19 bits per heavy atom. The number of fused-ring (bicyclic) bond motifs is 1. The molecule has 0 atom stereocenters. The van der Waals surface area contributed by atoms with Gasteiger partial charge in [0.2, 0.25) is 5.78 Å². The molecular formula is C20H13NO5. The largest absolute Gasteiger partial charge is 0.462 e. The Morgan fingerprint density at radius 3 is 2.81 bits per heavy atom. The van der Waals surface area contributed by atoms with Crippen LogP contribution in [-0.2, 0) is 0 Å². The number of furan rings is 1. The van der Waals surface area contributed by atoms with Crippen molar-refractivity contribution in [3.05, 3.63) is 83.3 Å². The zero-order chi connectivity index (χ0) is 18.1. The van der Waals surface area contributed by atoms with Crippen molar-refractivity contribution in [1.82, 2.24) is 4.98 Å². The van der Waals surface area contributed by atoms with E-state index in [0.717, 1.165) is 5.76 Å². The number of nitrogens with zero attached hydrogens (tertiary/aromatic N) is 1. The molecule has 3 heterocycles. The molecule has 0 fully saturated rings. The normalized spacial score (nSPS) is 14.2. The molecule has 6 heteroatoms. The maximum absolute atomic E-state index is 12.4. The molecule has 0 aliphatic carbocycles. The second kappa shape index (κ2) is 6.33. The fraction of sp³-hybridized carbons (Fsp3) is 0.0500. The zero-order valence-electron chi connectivity index (χ0n) is 13.8. The first-order valence-corrected chi connectivity index (χ1v) is 7.87. The Hall–Kier alpha value is -3.67. The number of aromatic nitrogens is 1. The SMILES string of the molecule is Cc1ccc(/C=C2\Oc3cc(OC(=O)c4cccnc4)ccc3C2=O)o1. The molecule has 0 unspecified atom stereocenters. The molecule has 128 valence electrons. The van der Waals surface area contributed by atoms with Crippen LogP contribution in [0.4, 0.5) is 0 Å². The van der Waals surface area contributed by atoms with Gasteiger partial charge in [0.25, 0.3) is 0 Å². The van der Waals surface area contributed by atoms with Crippen LogP contribution in [0.1, 0.15) is 32.2 Å². The summed E-state index contributed by atoms with van der Waals surface area (Å²) in [6, 6.07) is 11.4. The lowest BCUT2D eigenvalue weighted by atomic mass is 10.1. The van der Waals surface area contributed by atoms with Gasteiger partial charge >= 0.3 is 5.97 Å². The number of ether oxygens (including phenoxy) is 2. The predicted molar refractivity (Wildman–Crippen MR) is 92.0 cm³/mol. The minimum absolute atomic E-state index is 0.157. The standard InChI is InChI=1S/C20H13NO5/c1-12-4-5-14(24-12)10-18-19(22)16-7-6-15(9-17(16)26-18)25-20(23)13-3-2-8-21-11-13/h2-11H,1H3/b18-10-. The molecular weight excluding hydrogens is 334 g/mol. The van der Waals surface area contributed by atoms with Gasteiger partial charge in [-0.2, -0.15) is 0 Å². The predicted octanol–water partition coefficient (Wildman–Crippen LogP) is 3.82. The van der Waals surface area contributed by atoms with Gasteiger partial charge in [-0.05, 0) is 43.3 Å². The lowest BCUT2D eigenvalue weighted by Crippen LogP contribution is -2.08. The van der Waals surface area contributed by atoms with Gasteiger partial charge in [0, 0.05) is 24.5 Å². The first kappa shape index (κ1) is 15.8. The molecule has 3 aromatic rings. The van der Waals surface area contributed by atoms with Crippen LogP contribution in [0.2, 0.25) is 0 Å². The number of rotatable bonds is 3. The number of carbonyl (C=O) groups is 2. The van der Waals surface area contributed by atoms with E-state index in [1.165, 1.54) is 18.3 Å². The van der Waals surface area contributed by atoms with Crippen molar-refractivity contribution < 1.29 is 23.5 Å². The van der Waals surface area contributed by atoms with E-state index in [4.69, 9.17) is 13.9 Å². The zero-order valence-corrected chi connectivity index (χ0v) is 13.8. The molecule has 0 amide bonds. The number of Topliss-reactive ketones (excluding diaryl/α,β-unsaturated/α-hetero) is 1. The molecule has 0 radical (unpaired) electrons. The topological polar surface area (TPSA) is 78.6 Å². The molecule has 1 aliphatic rings. The lowest BCUT2D eigenvalue weighted by Gasteiger charge is -2.05. The van der Waals surface area contributed by atoms with Gasteiger partial charge in [-0.15, -0.1) is 0 Å². The van der Waals surface area contributed by atoms with E-state index in [9.17, 15) is 9.59 Å². The molecule has 4 rings (SSSR count). The van der Waals surface area contributed by atoms with Crippen molar-refractivity contribution >= 4 is 17.8 Å². The van der Waals surface area contributed by atoms with Gasteiger partial charge in [-0.3, -0.25) is 9.78 Å². The van der Waals surface area contributed by atoms with Gasteiger partial charge in [0.1, 0.15) is 23.0 Å². The summed E-state index contributed by atoms with van der Waals surface area (Å²) >= 11 is 0. The maximum Gasteiger partial charge on any atom is 0.345 e. The van der Waals surface area contributed by atoms with Crippen molar-refractivity contribution in [1.29, 1.82) is 0 Å². The third-order valence-electron chi connectivity index (χ3n) is 3.78. The van der Waals surface area contributed by atoms with E-state index in [2.05, 4.69) is 4.98 Å². The number of hydrogen-bond acceptors (Lipinski definition) is 6. The maximum atomic E-state index is 12.4. The van der Waals surface area contributed by atoms with E-state index >= 15 is 0 Å². The second-order valence-corrected chi connectivity index (χ2v) is 5.68. The van der Waals surface area contributed by atoms with E-state index in [-0.39, 0.29) is 17.3 Å². The minimum atomic E-state index is -0.538. The number of esters is 1. The Labute approximate surface area is 148 Å². The van der Waals surface area contributed by atoms with Crippen molar-refractivity contribution in [3.8, 4) is 11.5 Å². The molecule has 1 aromatic carbocycles. The van der Waals surface area contributed by atoms with Crippen molar-refractivity contribution in [2.24, 2.45) is 0 Å². The van der Waals surface area contributed by atoms with Crippen LogP contribution in [0.15, 0.2) is 65.0 Å². The summed E-state index contributed by atoms with van der Waals surface area (Å²) in [7, 11) is 0. The van der Waals surface area contributed by atoms with Gasteiger partial charge in [0.15, 0.2) is 5.76 Å². The number of benzene rings is 1. The van der Waals surface area contributed by atoms with Gasteiger partial charge < -0.3 is 13.9 Å². The van der Waals surface area contributed by atoms with Crippen molar-refractivity contribution in [2.45, 2.75) is 6.92 Å². The second-order valence-electron chi connectivity index (χ2n) is 5.68. The molecule has 1 aliphatic heterocycles. The number of carbonyl (C=O) groups excluding carboxylic acids is 2. The molecule has 6 nitrogen and oxygen atoms in total. The molecule has 0 N–H and O–H groups in total. The lowest BCUT2D eigenvalue weighted by molar-refractivity contribution is 0.0734. The van der Waals surface area contributed by atoms with Crippen LogP contribution in [0.3, 0.4) is 0 Å². The summed E-state index contributed by atoms with van der Waals surface area (Å²) < 4.78 is 16.4. The minimum Gasteiger partial charge on any atom is -0.462 e. The molecule has 2 aromatic heterocycles. The summed E-state index contributed by atoms with van der Waals surface area (Å²) in [4.78, 5) is 28.4. The number of aryl methyl sites for hydroxylation is 1. The first-order valence-electron chi connectivity index (χ1n) is 7.87. The number of hydrogen-bond donors (Lipinski definition) is 0. The molecule has 0 saturated heterocycles. The highest BCUT2D eigenvalue weighted by Crippen LogP contribution is 2.35. The van der Waals surface area contributed by atoms with E-state index in [1.54, 1.807) is 42.6 Å². The summed E-state index contributed by atoms with van der Waals surface area (Å²) in [6.07, 6.45) is 4.53. The smallest absolute Gasteiger partial charge is 0.345 e. The Morgan fingerprint density at radius 2 is 2.08 bits per heavy atom. The average Bonchev–Trinajstić information content (AvgIpc) is 3.19. The van der Waals surface area contributed by atoms with Crippen LogP contribution in [0, 0.1) is 6.92 Å². The van der Waals surface area contributed by atoms with Crippen LogP contribution in [-0.4, -0.2) is 16.7 Å². The van der Waals surface area contributed by atoms with Crippen LogP contribution in [0.5, 0.6) is 11.5 Å². The molecule has 0 saturated carbocycles. The van der Waals surface area contributed by atoms with Crippen LogP contribution >= 0.6 is 0 Å². The van der Waals surface area contributed by atoms with Crippen LogP contribution in [0.25, 0.3) is 6.08 Å². The highest BCUT2D eigenvalue weighted by atomic mass is 16.5. The Bertz CT molecular complexity index is 1030. The van der Waals surface area contributed by atoms with Gasteiger partial charge in [0.05, 0.1) is 11.1 Å². The summed E-state index contributed by atoms with van der Waals surface area (Å²) in [5.74, 6) is 1.25. The summed E-state index contributed by atoms with van der Waals surface area (Å²) in [5.41, 5.74) is 0.736. The highest BCUT2D eigenvalue weighted by Gasteiger charge is 2.28. The quantitative estimate of drug-likeness (QED) is 0.407. The van der Waals surface area contributed by atoms with E-state index in [1.807, 2.05) is 6.92 Å². The highest BCUT2D eigenvalue weighted by molar-refractivity contribution is 6.14. The Balaban J connectivity index is 1.56. The molecule has 26 heavy (non-hydrogen) atoms. The molecule has 0 spiro atoms. The number of allylic oxidation sites excluding steroid dienone is 1. The third-order valence-corrected chi connectivity index (χ3v) is 3.78. The molecule has 0 bridgehead atoms. The van der Waals surface area contributed by atoms with Crippen molar-refractivity contribution in [2.75, 3.05) is 0 Å². The fourth-order valence-electron chi connectivity index (χ4n) is 2.54. The summed E-state index contributed by atoms with van der Waals surface area (Å²) in [6.45, 7) is 1.82. The monoisotopic (exact) mass is 347 g/mol. The summed E-state index contributed by atoms with van der Waals surface area (Å²) in [5, 5.41) is 0. The number of ketones is 1. The van der Waals surface area contributed by atoms with Crippen LogP contribution < -0.4 is 9.47 Å². The van der Waals surface area contributed by atoms with Gasteiger partial charge in [-0.25, -0.2) is 4.79 Å². The fourth-order valence-corrected chi connectivity index (χ4v) is 2.54.